The van der Waals surface area contributed by atoms with Gasteiger partial charge in [-0.15, -0.1) is 0 Å². The van der Waals surface area contributed by atoms with E-state index in [0.29, 0.717) is 48.5 Å². The van der Waals surface area contributed by atoms with Gasteiger partial charge in [0.2, 0.25) is 11.8 Å². The Kier molecular flexibility index (Phi) is 9.94. The fraction of sp³-hybridized carbons (Fsp3) is 0.379. The van der Waals surface area contributed by atoms with Crippen molar-refractivity contribution in [1.82, 2.24) is 20.2 Å². The first-order valence-electron chi connectivity index (χ1n) is 13.0. The first-order chi connectivity index (χ1) is 18.1. The summed E-state index contributed by atoms with van der Waals surface area (Å²) >= 11 is 1.26. The average molecular weight is 519 g/mol. The second-order valence-electron chi connectivity index (χ2n) is 9.23. The number of thioether (sulfide) groups is 1. The zero-order valence-corrected chi connectivity index (χ0v) is 21.9. The molecule has 8 heteroatoms. The molecule has 2 N–H and O–H groups in total. The van der Waals surface area contributed by atoms with Crippen molar-refractivity contribution in [3.05, 3.63) is 82.2 Å². The highest BCUT2D eigenvalue weighted by atomic mass is 32.2. The van der Waals surface area contributed by atoms with Crippen molar-refractivity contribution in [2.24, 2.45) is 0 Å². The van der Waals surface area contributed by atoms with Crippen LogP contribution in [0.4, 0.5) is 0 Å². The Morgan fingerprint density at radius 2 is 1.78 bits per heavy atom. The lowest BCUT2D eigenvalue weighted by Crippen LogP contribution is -2.28. The Bertz CT molecular complexity index is 1300. The number of nitrogens with one attached hydrogen (secondary N) is 2. The molecule has 0 atom stereocenters. The van der Waals surface area contributed by atoms with E-state index in [9.17, 15) is 14.4 Å². The van der Waals surface area contributed by atoms with E-state index in [1.807, 2.05) is 42.5 Å². The Labute approximate surface area is 221 Å². The van der Waals surface area contributed by atoms with Crippen molar-refractivity contribution in [2.75, 3.05) is 12.3 Å². The van der Waals surface area contributed by atoms with Gasteiger partial charge in [0, 0.05) is 26.1 Å². The van der Waals surface area contributed by atoms with Crippen LogP contribution in [-0.2, 0) is 22.7 Å². The Morgan fingerprint density at radius 3 is 2.59 bits per heavy atom. The van der Waals surface area contributed by atoms with Gasteiger partial charge in [-0.1, -0.05) is 65.9 Å². The lowest BCUT2D eigenvalue weighted by molar-refractivity contribution is -0.121. The molecule has 0 saturated heterocycles. The number of benzene rings is 2. The minimum atomic E-state index is -0.151. The van der Waals surface area contributed by atoms with Gasteiger partial charge in [0.1, 0.15) is 0 Å². The zero-order valence-electron chi connectivity index (χ0n) is 21.1. The van der Waals surface area contributed by atoms with Crippen LogP contribution in [0.2, 0.25) is 0 Å². The molecule has 4 rings (SSSR count). The van der Waals surface area contributed by atoms with Crippen molar-refractivity contribution in [3.63, 3.8) is 0 Å². The van der Waals surface area contributed by atoms with E-state index in [2.05, 4.69) is 21.7 Å². The maximum absolute atomic E-state index is 13.2. The third kappa shape index (κ3) is 8.05. The van der Waals surface area contributed by atoms with Crippen molar-refractivity contribution >= 4 is 34.5 Å². The summed E-state index contributed by atoms with van der Waals surface area (Å²) in [5, 5.41) is 6.94. The molecule has 1 aliphatic carbocycles. The molecule has 0 aliphatic heterocycles. The number of hydrogen-bond donors (Lipinski definition) is 2. The number of rotatable bonds is 12. The van der Waals surface area contributed by atoms with Crippen LogP contribution in [0.15, 0.2) is 76.2 Å². The van der Waals surface area contributed by atoms with Gasteiger partial charge in [-0.25, -0.2) is 4.98 Å². The number of allylic oxidation sites excluding steroid dienone is 1. The summed E-state index contributed by atoms with van der Waals surface area (Å²) < 4.78 is 1.59. The van der Waals surface area contributed by atoms with Gasteiger partial charge in [0.15, 0.2) is 5.16 Å². The average Bonchev–Trinajstić information content (AvgIpc) is 2.93. The fourth-order valence-electron chi connectivity index (χ4n) is 4.41. The van der Waals surface area contributed by atoms with Crippen LogP contribution in [0.25, 0.3) is 10.9 Å². The predicted molar refractivity (Wildman–Crippen MR) is 148 cm³/mol. The number of amides is 2. The Hall–Kier alpha value is -3.39. The topological polar surface area (TPSA) is 93.1 Å². The highest BCUT2D eigenvalue weighted by Crippen LogP contribution is 2.20. The van der Waals surface area contributed by atoms with Crippen LogP contribution in [0.3, 0.4) is 0 Å². The van der Waals surface area contributed by atoms with Crippen molar-refractivity contribution in [3.8, 4) is 0 Å². The second kappa shape index (κ2) is 13.8. The van der Waals surface area contributed by atoms with Crippen LogP contribution in [-0.4, -0.2) is 33.7 Å². The fourth-order valence-corrected chi connectivity index (χ4v) is 5.27. The second-order valence-corrected chi connectivity index (χ2v) is 10.2. The maximum atomic E-state index is 13.2. The summed E-state index contributed by atoms with van der Waals surface area (Å²) in [4.78, 5) is 42.7. The van der Waals surface area contributed by atoms with E-state index in [0.717, 1.165) is 24.8 Å². The van der Waals surface area contributed by atoms with Gasteiger partial charge in [0.25, 0.3) is 5.56 Å². The molecule has 1 heterocycles. The highest BCUT2D eigenvalue weighted by molar-refractivity contribution is 7.99. The van der Waals surface area contributed by atoms with E-state index in [1.54, 1.807) is 16.7 Å². The van der Waals surface area contributed by atoms with Gasteiger partial charge in [-0.05, 0) is 56.2 Å². The smallest absolute Gasteiger partial charge is 0.262 e. The molecule has 7 nitrogen and oxygen atoms in total. The van der Waals surface area contributed by atoms with E-state index in [4.69, 9.17) is 0 Å². The summed E-state index contributed by atoms with van der Waals surface area (Å²) in [7, 11) is 0. The third-order valence-corrected chi connectivity index (χ3v) is 7.41. The Balaban J connectivity index is 1.33. The van der Waals surface area contributed by atoms with E-state index in [-0.39, 0.29) is 23.1 Å². The van der Waals surface area contributed by atoms with E-state index >= 15 is 0 Å². The van der Waals surface area contributed by atoms with Crippen LogP contribution < -0.4 is 16.2 Å². The number of carbonyl (C=O) groups is 2. The largest absolute Gasteiger partial charge is 0.355 e. The highest BCUT2D eigenvalue weighted by Gasteiger charge is 2.14. The summed E-state index contributed by atoms with van der Waals surface area (Å²) in [6.07, 6.45) is 8.73. The summed E-state index contributed by atoms with van der Waals surface area (Å²) in [5.74, 6) is 0.0458. The van der Waals surface area contributed by atoms with Gasteiger partial charge in [-0.3, -0.25) is 19.0 Å². The van der Waals surface area contributed by atoms with Crippen molar-refractivity contribution in [2.45, 2.75) is 63.2 Å². The van der Waals surface area contributed by atoms with Crippen molar-refractivity contribution in [1.29, 1.82) is 0 Å². The van der Waals surface area contributed by atoms with Gasteiger partial charge < -0.3 is 10.6 Å². The van der Waals surface area contributed by atoms with E-state index < -0.39 is 0 Å². The lowest BCUT2D eigenvalue weighted by Gasteiger charge is -2.14. The third-order valence-electron chi connectivity index (χ3n) is 6.43. The molecule has 0 bridgehead atoms. The molecule has 194 valence electrons. The van der Waals surface area contributed by atoms with Gasteiger partial charge in [-0.2, -0.15) is 0 Å². The molecule has 37 heavy (non-hydrogen) atoms. The number of nitrogens with zero attached hydrogens (tertiary/aromatic N) is 2. The van der Waals surface area contributed by atoms with Crippen LogP contribution in [0.1, 0.15) is 50.5 Å². The van der Waals surface area contributed by atoms with Crippen LogP contribution in [0, 0.1) is 0 Å². The van der Waals surface area contributed by atoms with Crippen LogP contribution in [0.5, 0.6) is 0 Å². The molecule has 1 aromatic heterocycles. The molecule has 0 radical (unpaired) electrons. The minimum absolute atomic E-state index is 0.0627. The molecule has 2 amide bonds. The summed E-state index contributed by atoms with van der Waals surface area (Å²) in [5.41, 5.74) is 2.93. The van der Waals surface area contributed by atoms with Crippen molar-refractivity contribution < 1.29 is 9.59 Å². The number of para-hydroxylation sites is 1. The summed E-state index contributed by atoms with van der Waals surface area (Å²) in [6.45, 7) is 1.46. The normalized spacial score (nSPS) is 13.2. The zero-order chi connectivity index (χ0) is 25.9. The molecule has 3 aromatic rings. The SMILES string of the molecule is O=C(CCCn1c(SCC(=O)NCCC2=CCCCC2)nc2ccccc2c1=O)NCc1ccccc1. The number of carbonyl (C=O) groups excluding carboxylic acids is 2. The first-order valence-corrected chi connectivity index (χ1v) is 14.0. The Morgan fingerprint density at radius 1 is 0.973 bits per heavy atom. The van der Waals surface area contributed by atoms with Gasteiger partial charge in [0.05, 0.1) is 16.7 Å². The molecule has 0 spiro atoms. The van der Waals surface area contributed by atoms with Gasteiger partial charge >= 0.3 is 0 Å². The quantitative estimate of drug-likeness (QED) is 0.208. The first kappa shape index (κ1) is 26.7. The molecular formula is C29H34N4O3S. The molecule has 0 unspecified atom stereocenters. The standard InChI is InChI=1S/C29H34N4O3S/c34-26(31-20-23-12-5-2-6-13-23)16-9-19-33-28(36)24-14-7-8-15-25(24)32-29(33)37-21-27(35)30-18-17-22-10-3-1-4-11-22/h2,5-8,10,12-15H,1,3-4,9,11,16-21H2,(H,30,35)(H,31,34). The van der Waals surface area contributed by atoms with Crippen LogP contribution >= 0.6 is 11.8 Å². The number of fused-ring (bicyclic) bond motifs is 1. The lowest BCUT2D eigenvalue weighted by atomic mass is 9.97. The minimum Gasteiger partial charge on any atom is -0.355 e. The molecule has 2 aromatic carbocycles. The molecule has 0 saturated carbocycles. The predicted octanol–water partition coefficient (Wildman–Crippen LogP) is 4.59. The molecular weight excluding hydrogens is 484 g/mol. The van der Waals surface area contributed by atoms with E-state index in [1.165, 1.54) is 30.2 Å². The molecule has 0 fully saturated rings. The number of aromatic nitrogens is 2. The number of hydrogen-bond acceptors (Lipinski definition) is 5. The maximum Gasteiger partial charge on any atom is 0.262 e. The summed E-state index contributed by atoms with van der Waals surface area (Å²) in [6, 6.07) is 17.0. The molecule has 1 aliphatic rings. The monoisotopic (exact) mass is 518 g/mol.